The summed E-state index contributed by atoms with van der Waals surface area (Å²) in [6.45, 7) is 2.89. The van der Waals surface area contributed by atoms with Crippen LogP contribution in [0.1, 0.15) is 12.5 Å². The van der Waals surface area contributed by atoms with Crippen molar-refractivity contribution < 1.29 is 18.3 Å². The van der Waals surface area contributed by atoms with Crippen LogP contribution in [0.4, 0.5) is 5.69 Å². The summed E-state index contributed by atoms with van der Waals surface area (Å²) in [7, 11) is -3.83. The average molecular weight is 420 g/mol. The second-order valence-electron chi connectivity index (χ2n) is 6.84. The summed E-state index contributed by atoms with van der Waals surface area (Å²) in [6.07, 6.45) is 2.32. The number of carboxylic acids is 1. The molecule has 0 aliphatic carbocycles. The lowest BCUT2D eigenvalue weighted by molar-refractivity contribution is -0.131. The largest absolute Gasteiger partial charge is 0.478 e. The van der Waals surface area contributed by atoms with Crippen LogP contribution in [0, 0.1) is 0 Å². The van der Waals surface area contributed by atoms with Crippen LogP contribution in [0.2, 0.25) is 0 Å². The molecule has 0 radical (unpaired) electrons. The van der Waals surface area contributed by atoms with Gasteiger partial charge in [-0.1, -0.05) is 30.3 Å². The van der Waals surface area contributed by atoms with Gasteiger partial charge in [-0.25, -0.2) is 13.2 Å². The topological polar surface area (TPSA) is 88.4 Å². The number of rotatable bonds is 6. The van der Waals surface area contributed by atoms with Crippen LogP contribution in [0.15, 0.2) is 77.7 Å². The maximum Gasteiger partial charge on any atom is 0.328 e. The quantitative estimate of drug-likeness (QED) is 0.442. The molecule has 30 heavy (non-hydrogen) atoms. The molecule has 2 N–H and O–H groups in total. The van der Waals surface area contributed by atoms with Gasteiger partial charge < -0.3 is 9.67 Å². The standard InChI is InChI=1S/C23H20N2O4S/c1-2-25-21-9-4-3-8-19(21)20-15-17(11-12-22(20)25)24-30(28,29)18-7-5-6-16(14-18)10-13-23(26)27/h3-15,24H,2H2,1H3,(H,26,27)/b13-10+. The van der Waals surface area contributed by atoms with Crippen molar-refractivity contribution in [2.45, 2.75) is 18.4 Å². The Morgan fingerprint density at radius 1 is 1.00 bits per heavy atom. The zero-order valence-corrected chi connectivity index (χ0v) is 17.1. The van der Waals surface area contributed by atoms with Gasteiger partial charge in [-0.3, -0.25) is 4.72 Å². The number of nitrogens with zero attached hydrogens (tertiary/aromatic N) is 1. The van der Waals surface area contributed by atoms with Gasteiger partial charge in [0.2, 0.25) is 0 Å². The van der Waals surface area contributed by atoms with E-state index in [1.807, 2.05) is 30.3 Å². The smallest absolute Gasteiger partial charge is 0.328 e. The molecule has 1 heterocycles. The highest BCUT2D eigenvalue weighted by Crippen LogP contribution is 2.31. The minimum Gasteiger partial charge on any atom is -0.478 e. The van der Waals surface area contributed by atoms with Gasteiger partial charge in [0.15, 0.2) is 0 Å². The number of carbonyl (C=O) groups is 1. The number of benzene rings is 3. The zero-order valence-electron chi connectivity index (χ0n) is 16.2. The molecule has 0 spiro atoms. The highest BCUT2D eigenvalue weighted by Gasteiger charge is 2.16. The number of nitrogens with one attached hydrogen (secondary N) is 1. The molecule has 0 bridgehead atoms. The average Bonchev–Trinajstić information content (AvgIpc) is 3.05. The first-order valence-electron chi connectivity index (χ1n) is 9.44. The van der Waals surface area contributed by atoms with E-state index < -0.39 is 16.0 Å². The molecule has 0 aliphatic heterocycles. The van der Waals surface area contributed by atoms with Gasteiger partial charge in [0, 0.05) is 40.1 Å². The molecule has 6 nitrogen and oxygen atoms in total. The summed E-state index contributed by atoms with van der Waals surface area (Å²) in [4.78, 5) is 10.8. The molecular formula is C23H20N2O4S. The van der Waals surface area contributed by atoms with Gasteiger partial charge in [0.1, 0.15) is 0 Å². The number of aryl methyl sites for hydroxylation is 1. The zero-order chi connectivity index (χ0) is 21.3. The van der Waals surface area contributed by atoms with E-state index in [0.717, 1.165) is 34.4 Å². The van der Waals surface area contributed by atoms with E-state index in [4.69, 9.17) is 5.11 Å². The summed E-state index contributed by atoms with van der Waals surface area (Å²) >= 11 is 0. The fraction of sp³-hybridized carbons (Fsp3) is 0.0870. The minimum atomic E-state index is -3.83. The summed E-state index contributed by atoms with van der Waals surface area (Å²) in [5, 5.41) is 10.8. The number of anilines is 1. The monoisotopic (exact) mass is 420 g/mol. The van der Waals surface area contributed by atoms with Gasteiger partial charge >= 0.3 is 5.97 Å². The van der Waals surface area contributed by atoms with E-state index in [9.17, 15) is 13.2 Å². The van der Waals surface area contributed by atoms with E-state index in [-0.39, 0.29) is 4.90 Å². The van der Waals surface area contributed by atoms with Gasteiger partial charge in [-0.05, 0) is 55.0 Å². The summed E-state index contributed by atoms with van der Waals surface area (Å²) in [6, 6.07) is 19.7. The lowest BCUT2D eigenvalue weighted by Crippen LogP contribution is -2.13. The molecule has 4 rings (SSSR count). The molecule has 0 unspecified atom stereocenters. The Morgan fingerprint density at radius 2 is 1.77 bits per heavy atom. The van der Waals surface area contributed by atoms with Crippen molar-refractivity contribution in [2.75, 3.05) is 4.72 Å². The SMILES string of the molecule is CCn1c2ccccc2c2cc(NS(=O)(=O)c3cccc(/C=C/C(=O)O)c3)ccc21. The minimum absolute atomic E-state index is 0.0612. The van der Waals surface area contributed by atoms with E-state index in [2.05, 4.69) is 22.3 Å². The first kappa shape index (κ1) is 19.7. The second kappa shape index (κ2) is 7.68. The number of aliphatic carboxylic acids is 1. The maximum absolute atomic E-state index is 12.9. The molecule has 152 valence electrons. The molecule has 0 atom stereocenters. The lowest BCUT2D eigenvalue weighted by Gasteiger charge is -2.09. The Balaban J connectivity index is 1.72. The van der Waals surface area contributed by atoms with Crippen molar-refractivity contribution in [1.82, 2.24) is 4.57 Å². The van der Waals surface area contributed by atoms with Crippen LogP contribution in [-0.2, 0) is 21.4 Å². The summed E-state index contributed by atoms with van der Waals surface area (Å²) < 4.78 is 30.6. The normalized spacial score (nSPS) is 12.0. The Kier molecular flexibility index (Phi) is 5.05. The van der Waals surface area contributed by atoms with E-state index >= 15 is 0 Å². The van der Waals surface area contributed by atoms with Gasteiger partial charge in [0.05, 0.1) is 4.90 Å². The molecule has 0 aliphatic rings. The third-order valence-corrected chi connectivity index (χ3v) is 6.31. The number of fused-ring (bicyclic) bond motifs is 3. The van der Waals surface area contributed by atoms with Crippen LogP contribution >= 0.6 is 0 Å². The Bertz CT molecular complexity index is 1400. The number of aromatic nitrogens is 1. The van der Waals surface area contributed by atoms with Crippen LogP contribution in [0.5, 0.6) is 0 Å². The van der Waals surface area contributed by atoms with Gasteiger partial charge in [0.25, 0.3) is 10.0 Å². The molecular weight excluding hydrogens is 400 g/mol. The lowest BCUT2D eigenvalue weighted by atomic mass is 10.1. The Hall–Kier alpha value is -3.58. The number of carboxylic acid groups (broad SMARTS) is 1. The number of sulfonamides is 1. The van der Waals surface area contributed by atoms with E-state index in [0.29, 0.717) is 11.3 Å². The van der Waals surface area contributed by atoms with Gasteiger partial charge in [-0.15, -0.1) is 0 Å². The van der Waals surface area contributed by atoms with Crippen LogP contribution < -0.4 is 4.72 Å². The predicted molar refractivity (Wildman–Crippen MR) is 119 cm³/mol. The number of hydrogen-bond donors (Lipinski definition) is 2. The van der Waals surface area contributed by atoms with Crippen molar-refractivity contribution >= 4 is 49.6 Å². The van der Waals surface area contributed by atoms with Crippen molar-refractivity contribution in [3.05, 3.63) is 78.4 Å². The highest BCUT2D eigenvalue weighted by molar-refractivity contribution is 7.92. The maximum atomic E-state index is 12.9. The van der Waals surface area contributed by atoms with E-state index in [1.54, 1.807) is 18.2 Å². The van der Waals surface area contributed by atoms with Crippen LogP contribution in [0.25, 0.3) is 27.9 Å². The Labute approximate surface area is 174 Å². The van der Waals surface area contributed by atoms with E-state index in [1.165, 1.54) is 18.2 Å². The number of hydrogen-bond acceptors (Lipinski definition) is 3. The molecule has 7 heteroatoms. The van der Waals surface area contributed by atoms with Gasteiger partial charge in [-0.2, -0.15) is 0 Å². The molecule has 0 saturated heterocycles. The molecule has 1 aromatic heterocycles. The third-order valence-electron chi connectivity index (χ3n) is 4.93. The highest BCUT2D eigenvalue weighted by atomic mass is 32.2. The van der Waals surface area contributed by atoms with Crippen molar-refractivity contribution in [3.8, 4) is 0 Å². The molecule has 3 aromatic carbocycles. The summed E-state index contributed by atoms with van der Waals surface area (Å²) in [5.74, 6) is -1.10. The first-order chi connectivity index (χ1) is 14.4. The Morgan fingerprint density at radius 3 is 2.53 bits per heavy atom. The van der Waals surface area contributed by atoms with Crippen molar-refractivity contribution in [1.29, 1.82) is 0 Å². The fourth-order valence-electron chi connectivity index (χ4n) is 3.62. The third kappa shape index (κ3) is 3.67. The molecule has 0 amide bonds. The number of para-hydroxylation sites is 1. The summed E-state index contributed by atoms with van der Waals surface area (Å²) in [5.41, 5.74) is 3.10. The van der Waals surface area contributed by atoms with Crippen LogP contribution in [-0.4, -0.2) is 24.1 Å². The van der Waals surface area contributed by atoms with Crippen LogP contribution in [0.3, 0.4) is 0 Å². The molecule has 0 fully saturated rings. The fourth-order valence-corrected chi connectivity index (χ4v) is 4.73. The van der Waals surface area contributed by atoms with Crippen molar-refractivity contribution in [3.63, 3.8) is 0 Å². The molecule has 4 aromatic rings. The predicted octanol–water partition coefficient (Wildman–Crippen LogP) is 4.71. The second-order valence-corrected chi connectivity index (χ2v) is 8.53. The first-order valence-corrected chi connectivity index (χ1v) is 10.9. The van der Waals surface area contributed by atoms with Crippen molar-refractivity contribution in [2.24, 2.45) is 0 Å². The molecule has 0 saturated carbocycles.